The van der Waals surface area contributed by atoms with Crippen molar-refractivity contribution in [1.82, 2.24) is 9.97 Å². The second-order valence-electron chi connectivity index (χ2n) is 5.22. The number of carboxylic acid groups (broad SMARTS) is 1. The van der Waals surface area contributed by atoms with Gasteiger partial charge < -0.3 is 15.2 Å². The molecule has 0 spiro atoms. The number of hydrogen-bond acceptors (Lipinski definition) is 5. The van der Waals surface area contributed by atoms with E-state index >= 15 is 0 Å². The Kier molecular flexibility index (Phi) is 4.26. The highest BCUT2D eigenvalue weighted by atomic mass is 19.4. The topological polar surface area (TPSA) is 77.9 Å². The average molecular weight is 346 g/mol. The molecule has 128 valence electrons. The van der Waals surface area contributed by atoms with E-state index < -0.39 is 24.0 Å². The summed E-state index contributed by atoms with van der Waals surface area (Å²) >= 11 is 0. The van der Waals surface area contributed by atoms with E-state index in [1.54, 1.807) is 24.3 Å². The van der Waals surface area contributed by atoms with E-state index in [0.29, 0.717) is 5.56 Å². The molecule has 0 saturated carbocycles. The molecular formula is C17H11F3N3O2-. The zero-order valence-electron chi connectivity index (χ0n) is 12.6. The van der Waals surface area contributed by atoms with Crippen LogP contribution in [0.4, 0.5) is 19.0 Å². The summed E-state index contributed by atoms with van der Waals surface area (Å²) in [5.41, 5.74) is 0.385. The Morgan fingerprint density at radius 1 is 1.00 bits per heavy atom. The molecule has 0 saturated heterocycles. The number of fused-ring (bicyclic) bond motifs is 1. The van der Waals surface area contributed by atoms with Crippen molar-refractivity contribution >= 4 is 22.7 Å². The summed E-state index contributed by atoms with van der Waals surface area (Å²) in [6.45, 7) is 0. The highest BCUT2D eigenvalue weighted by molar-refractivity contribution is 5.91. The first-order chi connectivity index (χ1) is 11.9. The van der Waals surface area contributed by atoms with Crippen molar-refractivity contribution in [3.8, 4) is 0 Å². The van der Waals surface area contributed by atoms with Crippen LogP contribution in [-0.4, -0.2) is 15.9 Å². The first-order valence-corrected chi connectivity index (χ1v) is 7.22. The van der Waals surface area contributed by atoms with Gasteiger partial charge in [0.15, 0.2) is 0 Å². The second kappa shape index (κ2) is 6.39. The molecule has 2 aromatic carbocycles. The SMILES string of the molecule is O=C([O-])[C@@H](Nc1nc(C(F)(F)F)nc2ccccc12)c1ccccc1. The van der Waals surface area contributed by atoms with Crippen LogP contribution >= 0.6 is 0 Å². The van der Waals surface area contributed by atoms with E-state index in [1.807, 2.05) is 0 Å². The number of para-hydroxylation sites is 1. The summed E-state index contributed by atoms with van der Waals surface area (Å²) < 4.78 is 39.1. The van der Waals surface area contributed by atoms with Crippen LogP contribution in [0, 0.1) is 0 Å². The quantitative estimate of drug-likeness (QED) is 0.785. The molecule has 3 aromatic rings. The van der Waals surface area contributed by atoms with Gasteiger partial charge in [0.25, 0.3) is 0 Å². The van der Waals surface area contributed by atoms with Gasteiger partial charge in [0.1, 0.15) is 5.82 Å². The maximum Gasteiger partial charge on any atom is 0.451 e. The lowest BCUT2D eigenvalue weighted by molar-refractivity contribution is -0.307. The molecule has 1 N–H and O–H groups in total. The molecule has 1 heterocycles. The number of nitrogens with zero attached hydrogens (tertiary/aromatic N) is 2. The van der Waals surface area contributed by atoms with Crippen molar-refractivity contribution in [1.29, 1.82) is 0 Å². The highest BCUT2D eigenvalue weighted by Crippen LogP contribution is 2.31. The lowest BCUT2D eigenvalue weighted by atomic mass is 10.1. The molecule has 25 heavy (non-hydrogen) atoms. The van der Waals surface area contributed by atoms with E-state index in [9.17, 15) is 23.1 Å². The van der Waals surface area contributed by atoms with Crippen molar-refractivity contribution in [3.05, 3.63) is 66.0 Å². The minimum absolute atomic E-state index is 0.0532. The zero-order chi connectivity index (χ0) is 18.0. The lowest BCUT2D eigenvalue weighted by Gasteiger charge is -2.22. The third kappa shape index (κ3) is 3.52. The number of halogens is 3. The van der Waals surface area contributed by atoms with Crippen LogP contribution in [0.15, 0.2) is 54.6 Å². The van der Waals surface area contributed by atoms with Crippen LogP contribution in [0.25, 0.3) is 10.9 Å². The second-order valence-corrected chi connectivity index (χ2v) is 5.22. The van der Waals surface area contributed by atoms with Crippen LogP contribution in [0.1, 0.15) is 17.4 Å². The van der Waals surface area contributed by atoms with Crippen LogP contribution in [0.3, 0.4) is 0 Å². The maximum absolute atomic E-state index is 13.0. The molecule has 0 aliphatic heterocycles. The molecule has 1 aromatic heterocycles. The Labute approximate surface area is 140 Å². The number of hydrogen-bond donors (Lipinski definition) is 1. The smallest absolute Gasteiger partial charge is 0.451 e. The van der Waals surface area contributed by atoms with Crippen molar-refractivity contribution in [2.24, 2.45) is 0 Å². The summed E-state index contributed by atoms with van der Waals surface area (Å²) in [7, 11) is 0. The van der Waals surface area contributed by atoms with Crippen LogP contribution in [-0.2, 0) is 11.0 Å². The van der Waals surface area contributed by atoms with Gasteiger partial charge >= 0.3 is 6.18 Å². The third-order valence-corrected chi connectivity index (χ3v) is 3.51. The fraction of sp³-hybridized carbons (Fsp3) is 0.118. The zero-order valence-corrected chi connectivity index (χ0v) is 12.6. The number of rotatable bonds is 4. The van der Waals surface area contributed by atoms with Gasteiger partial charge in [0.05, 0.1) is 17.5 Å². The third-order valence-electron chi connectivity index (χ3n) is 3.51. The molecule has 0 aliphatic rings. The molecule has 1 atom stereocenters. The Morgan fingerprint density at radius 3 is 2.28 bits per heavy atom. The molecule has 0 bridgehead atoms. The summed E-state index contributed by atoms with van der Waals surface area (Å²) in [4.78, 5) is 18.5. The number of aliphatic carboxylic acids is 1. The monoisotopic (exact) mass is 346 g/mol. The fourth-order valence-electron chi connectivity index (χ4n) is 2.37. The first kappa shape index (κ1) is 16.7. The highest BCUT2D eigenvalue weighted by Gasteiger charge is 2.35. The van der Waals surface area contributed by atoms with Gasteiger partial charge in [-0.25, -0.2) is 9.97 Å². The number of anilines is 1. The van der Waals surface area contributed by atoms with Crippen molar-refractivity contribution < 1.29 is 23.1 Å². The molecule has 8 heteroatoms. The van der Waals surface area contributed by atoms with Gasteiger partial charge in [-0.05, 0) is 17.7 Å². The van der Waals surface area contributed by atoms with E-state index in [-0.39, 0.29) is 16.7 Å². The van der Waals surface area contributed by atoms with E-state index in [0.717, 1.165) is 0 Å². The van der Waals surface area contributed by atoms with Crippen molar-refractivity contribution in [3.63, 3.8) is 0 Å². The van der Waals surface area contributed by atoms with Gasteiger partial charge in [-0.1, -0.05) is 42.5 Å². The number of carboxylic acids is 1. The Morgan fingerprint density at radius 2 is 1.64 bits per heavy atom. The average Bonchev–Trinajstić information content (AvgIpc) is 2.59. The Hall–Kier alpha value is -3.16. The molecule has 0 fully saturated rings. The summed E-state index contributed by atoms with van der Waals surface area (Å²) in [6.07, 6.45) is -4.76. The molecule has 0 radical (unpaired) electrons. The molecular weight excluding hydrogens is 335 g/mol. The Balaban J connectivity index is 2.12. The number of benzene rings is 2. The van der Waals surface area contributed by atoms with Gasteiger partial charge in [-0.2, -0.15) is 13.2 Å². The van der Waals surface area contributed by atoms with Gasteiger partial charge in [0, 0.05) is 5.39 Å². The maximum atomic E-state index is 13.0. The molecule has 0 amide bonds. The summed E-state index contributed by atoms with van der Waals surface area (Å²) in [6, 6.07) is 12.7. The Bertz CT molecular complexity index is 914. The fourth-order valence-corrected chi connectivity index (χ4v) is 2.37. The van der Waals surface area contributed by atoms with Crippen LogP contribution < -0.4 is 10.4 Å². The number of aromatic nitrogens is 2. The van der Waals surface area contributed by atoms with Crippen molar-refractivity contribution in [2.45, 2.75) is 12.2 Å². The molecule has 0 aliphatic carbocycles. The molecule has 3 rings (SSSR count). The summed E-state index contributed by atoms with van der Waals surface area (Å²) in [5.74, 6) is -3.06. The molecule has 5 nitrogen and oxygen atoms in total. The van der Waals surface area contributed by atoms with E-state index in [1.165, 1.54) is 30.3 Å². The predicted octanol–water partition coefficient (Wildman–Crippen LogP) is 2.55. The number of carbonyl (C=O) groups excluding carboxylic acids is 1. The lowest BCUT2D eigenvalue weighted by Crippen LogP contribution is -2.34. The number of alkyl halides is 3. The minimum Gasteiger partial charge on any atom is -0.548 e. The number of nitrogens with one attached hydrogen (secondary N) is 1. The predicted molar refractivity (Wildman–Crippen MR) is 82.4 cm³/mol. The first-order valence-electron chi connectivity index (χ1n) is 7.22. The number of carbonyl (C=O) groups is 1. The van der Waals surface area contributed by atoms with E-state index in [2.05, 4.69) is 15.3 Å². The molecule has 0 unspecified atom stereocenters. The summed E-state index contributed by atoms with van der Waals surface area (Å²) in [5, 5.41) is 14.3. The normalized spacial score (nSPS) is 12.8. The standard InChI is InChI=1S/C17H12F3N3O2/c18-17(19,20)16-21-12-9-5-4-8-11(12)14(23-16)22-13(15(24)25)10-6-2-1-3-7-10/h1-9,13H,(H,24,25)(H,21,22,23)/p-1/t13-/m0/s1. The minimum atomic E-state index is -4.76. The van der Waals surface area contributed by atoms with Gasteiger partial charge in [-0.15, -0.1) is 0 Å². The van der Waals surface area contributed by atoms with Crippen LogP contribution in [0.5, 0.6) is 0 Å². The largest absolute Gasteiger partial charge is 0.548 e. The van der Waals surface area contributed by atoms with Crippen LogP contribution in [0.2, 0.25) is 0 Å². The van der Waals surface area contributed by atoms with E-state index in [4.69, 9.17) is 0 Å². The van der Waals surface area contributed by atoms with Gasteiger partial charge in [0.2, 0.25) is 5.82 Å². The van der Waals surface area contributed by atoms with Gasteiger partial charge in [-0.3, -0.25) is 0 Å². The van der Waals surface area contributed by atoms with Crippen molar-refractivity contribution in [2.75, 3.05) is 5.32 Å².